The SMILES string of the molecule is CSCC(C)CNC(=O)[C@H](N)C(C)(C)C. The van der Waals surface area contributed by atoms with Gasteiger partial charge in [0.25, 0.3) is 0 Å². The minimum absolute atomic E-state index is 0.0459. The monoisotopic (exact) mass is 232 g/mol. The highest BCUT2D eigenvalue weighted by atomic mass is 32.2. The predicted molar refractivity (Wildman–Crippen MR) is 68.0 cm³/mol. The zero-order valence-corrected chi connectivity index (χ0v) is 11.3. The Morgan fingerprint density at radius 3 is 2.40 bits per heavy atom. The van der Waals surface area contributed by atoms with E-state index in [1.807, 2.05) is 20.8 Å². The van der Waals surface area contributed by atoms with Crippen LogP contribution in [-0.4, -0.2) is 30.5 Å². The molecule has 1 amide bonds. The summed E-state index contributed by atoms with van der Waals surface area (Å²) in [6.07, 6.45) is 2.07. The van der Waals surface area contributed by atoms with Gasteiger partial charge in [0, 0.05) is 6.54 Å². The molecule has 1 unspecified atom stereocenters. The quantitative estimate of drug-likeness (QED) is 0.755. The molecule has 0 bridgehead atoms. The Morgan fingerprint density at radius 1 is 1.47 bits per heavy atom. The smallest absolute Gasteiger partial charge is 0.237 e. The van der Waals surface area contributed by atoms with E-state index >= 15 is 0 Å². The van der Waals surface area contributed by atoms with E-state index in [2.05, 4.69) is 18.5 Å². The first-order valence-corrected chi connectivity index (χ1v) is 6.70. The standard InChI is InChI=1S/C11H24N2OS/c1-8(7-15-5)6-13-10(14)9(12)11(2,3)4/h8-9H,6-7,12H2,1-5H3,(H,13,14)/t8?,9-/m0/s1. The third kappa shape index (κ3) is 6.05. The van der Waals surface area contributed by atoms with Gasteiger partial charge in [-0.3, -0.25) is 4.79 Å². The Balaban J connectivity index is 3.94. The molecule has 0 aliphatic rings. The molecule has 15 heavy (non-hydrogen) atoms. The molecule has 0 aromatic rings. The van der Waals surface area contributed by atoms with Crippen molar-refractivity contribution in [2.75, 3.05) is 18.6 Å². The molecule has 0 aromatic heterocycles. The van der Waals surface area contributed by atoms with Gasteiger partial charge in [-0.2, -0.15) is 11.8 Å². The maximum Gasteiger partial charge on any atom is 0.237 e. The van der Waals surface area contributed by atoms with Gasteiger partial charge in [-0.15, -0.1) is 0 Å². The second-order valence-corrected chi connectivity index (χ2v) is 6.06. The summed E-state index contributed by atoms with van der Waals surface area (Å²) in [6, 6.07) is -0.432. The van der Waals surface area contributed by atoms with E-state index in [1.165, 1.54) is 0 Å². The van der Waals surface area contributed by atoms with Crippen LogP contribution in [0.25, 0.3) is 0 Å². The largest absolute Gasteiger partial charge is 0.354 e. The van der Waals surface area contributed by atoms with E-state index in [1.54, 1.807) is 11.8 Å². The summed E-state index contributed by atoms with van der Waals surface area (Å²) in [7, 11) is 0. The van der Waals surface area contributed by atoms with Crippen molar-refractivity contribution in [1.82, 2.24) is 5.32 Å². The first kappa shape index (κ1) is 14.8. The van der Waals surface area contributed by atoms with Gasteiger partial charge in [-0.05, 0) is 23.3 Å². The van der Waals surface area contributed by atoms with E-state index in [4.69, 9.17) is 5.73 Å². The van der Waals surface area contributed by atoms with Gasteiger partial charge in [0.05, 0.1) is 6.04 Å². The van der Waals surface area contributed by atoms with Crippen LogP contribution in [0.5, 0.6) is 0 Å². The lowest BCUT2D eigenvalue weighted by molar-refractivity contribution is -0.124. The van der Waals surface area contributed by atoms with Crippen molar-refractivity contribution in [3.05, 3.63) is 0 Å². The second-order valence-electron chi connectivity index (χ2n) is 5.15. The van der Waals surface area contributed by atoms with Crippen LogP contribution in [0.2, 0.25) is 0 Å². The zero-order chi connectivity index (χ0) is 12.1. The van der Waals surface area contributed by atoms with Crippen molar-refractivity contribution < 1.29 is 4.79 Å². The zero-order valence-electron chi connectivity index (χ0n) is 10.5. The summed E-state index contributed by atoms with van der Waals surface area (Å²) in [5.41, 5.74) is 5.66. The number of hydrogen-bond acceptors (Lipinski definition) is 3. The highest BCUT2D eigenvalue weighted by Crippen LogP contribution is 2.17. The third-order valence-corrected chi connectivity index (χ3v) is 3.19. The minimum Gasteiger partial charge on any atom is -0.354 e. The van der Waals surface area contributed by atoms with E-state index in [0.717, 1.165) is 5.75 Å². The molecule has 0 heterocycles. The molecule has 0 rings (SSSR count). The summed E-state index contributed by atoms with van der Waals surface area (Å²) in [5.74, 6) is 1.51. The predicted octanol–water partition coefficient (Wildman–Crippen LogP) is 1.48. The molecule has 0 fully saturated rings. The fourth-order valence-corrected chi connectivity index (χ4v) is 1.81. The Bertz CT molecular complexity index is 201. The fraction of sp³-hybridized carbons (Fsp3) is 0.909. The first-order valence-electron chi connectivity index (χ1n) is 5.31. The first-order chi connectivity index (χ1) is 6.79. The molecule has 0 aliphatic carbocycles. The van der Waals surface area contributed by atoms with Gasteiger partial charge < -0.3 is 11.1 Å². The molecule has 2 atom stereocenters. The van der Waals surface area contributed by atoms with Crippen molar-refractivity contribution >= 4 is 17.7 Å². The highest BCUT2D eigenvalue weighted by Gasteiger charge is 2.27. The van der Waals surface area contributed by atoms with Gasteiger partial charge in [-0.25, -0.2) is 0 Å². The van der Waals surface area contributed by atoms with E-state index in [-0.39, 0.29) is 11.3 Å². The van der Waals surface area contributed by atoms with Gasteiger partial charge in [0.2, 0.25) is 5.91 Å². The number of amides is 1. The molecule has 0 saturated carbocycles. The van der Waals surface area contributed by atoms with Crippen molar-refractivity contribution in [3.63, 3.8) is 0 Å². The molecule has 0 saturated heterocycles. The summed E-state index contributed by atoms with van der Waals surface area (Å²) in [5, 5.41) is 2.90. The van der Waals surface area contributed by atoms with Crippen molar-refractivity contribution in [3.8, 4) is 0 Å². The van der Waals surface area contributed by atoms with Crippen LogP contribution in [0.4, 0.5) is 0 Å². The number of nitrogens with two attached hydrogens (primary N) is 1. The van der Waals surface area contributed by atoms with Gasteiger partial charge in [-0.1, -0.05) is 27.7 Å². The fourth-order valence-electron chi connectivity index (χ4n) is 1.12. The average Bonchev–Trinajstić information content (AvgIpc) is 2.12. The van der Waals surface area contributed by atoms with Crippen LogP contribution in [0, 0.1) is 11.3 Å². The summed E-state index contributed by atoms with van der Waals surface area (Å²) >= 11 is 1.79. The third-order valence-electron chi connectivity index (χ3n) is 2.29. The van der Waals surface area contributed by atoms with Gasteiger partial charge in [0.1, 0.15) is 0 Å². The molecule has 0 aromatic carbocycles. The van der Waals surface area contributed by atoms with Gasteiger partial charge >= 0.3 is 0 Å². The summed E-state index contributed by atoms with van der Waals surface area (Å²) < 4.78 is 0. The van der Waals surface area contributed by atoms with Crippen LogP contribution >= 0.6 is 11.8 Å². The molecule has 0 spiro atoms. The molecular weight excluding hydrogens is 208 g/mol. The van der Waals surface area contributed by atoms with Crippen LogP contribution in [0.3, 0.4) is 0 Å². The molecule has 0 aliphatic heterocycles. The van der Waals surface area contributed by atoms with E-state index in [9.17, 15) is 4.79 Å². The lowest BCUT2D eigenvalue weighted by atomic mass is 9.87. The Morgan fingerprint density at radius 2 is 2.00 bits per heavy atom. The van der Waals surface area contributed by atoms with Crippen LogP contribution < -0.4 is 11.1 Å². The number of carbonyl (C=O) groups is 1. The number of nitrogens with one attached hydrogen (secondary N) is 1. The maximum absolute atomic E-state index is 11.7. The van der Waals surface area contributed by atoms with E-state index < -0.39 is 6.04 Å². The molecule has 3 N–H and O–H groups in total. The lowest BCUT2D eigenvalue weighted by Crippen LogP contribution is -2.49. The van der Waals surface area contributed by atoms with Crippen molar-refractivity contribution in [2.45, 2.75) is 33.7 Å². The Labute approximate surface area is 97.6 Å². The topological polar surface area (TPSA) is 55.1 Å². The normalized spacial score (nSPS) is 15.9. The van der Waals surface area contributed by atoms with Crippen LogP contribution in [0.1, 0.15) is 27.7 Å². The minimum atomic E-state index is -0.432. The lowest BCUT2D eigenvalue weighted by Gasteiger charge is -2.26. The molecule has 90 valence electrons. The average molecular weight is 232 g/mol. The van der Waals surface area contributed by atoms with Crippen LogP contribution in [0.15, 0.2) is 0 Å². The molecule has 0 radical (unpaired) electrons. The van der Waals surface area contributed by atoms with Crippen LogP contribution in [-0.2, 0) is 4.79 Å². The van der Waals surface area contributed by atoms with Crippen molar-refractivity contribution in [1.29, 1.82) is 0 Å². The molecule has 3 nitrogen and oxygen atoms in total. The number of hydrogen-bond donors (Lipinski definition) is 2. The maximum atomic E-state index is 11.7. The number of carbonyl (C=O) groups excluding carboxylic acids is 1. The number of rotatable bonds is 5. The van der Waals surface area contributed by atoms with E-state index in [0.29, 0.717) is 12.5 Å². The molecular formula is C11H24N2OS. The highest BCUT2D eigenvalue weighted by molar-refractivity contribution is 7.98. The summed E-state index contributed by atoms with van der Waals surface area (Å²) in [6.45, 7) is 8.76. The number of thioether (sulfide) groups is 1. The van der Waals surface area contributed by atoms with Gasteiger partial charge in [0.15, 0.2) is 0 Å². The van der Waals surface area contributed by atoms with Crippen molar-refractivity contribution in [2.24, 2.45) is 17.1 Å². The Hall–Kier alpha value is -0.220. The Kier molecular flexibility index (Phi) is 6.29. The molecule has 4 heteroatoms. The second kappa shape index (κ2) is 6.38. The summed E-state index contributed by atoms with van der Waals surface area (Å²) in [4.78, 5) is 11.7.